The van der Waals surface area contributed by atoms with Crippen LogP contribution in [-0.4, -0.2) is 41.4 Å². The first-order chi connectivity index (χ1) is 12.8. The molecule has 1 aromatic rings. The van der Waals surface area contributed by atoms with Crippen LogP contribution in [0.3, 0.4) is 0 Å². The van der Waals surface area contributed by atoms with Gasteiger partial charge in [-0.3, -0.25) is 19.8 Å². The van der Waals surface area contributed by atoms with Crippen molar-refractivity contribution in [2.75, 3.05) is 6.54 Å². The van der Waals surface area contributed by atoms with Crippen molar-refractivity contribution in [1.82, 2.24) is 20.9 Å². The number of nitrogens with one attached hydrogen (secondary N) is 3. The number of rotatable bonds is 4. The predicted molar refractivity (Wildman–Crippen MR) is 98.0 cm³/mol. The first kappa shape index (κ1) is 19.2. The van der Waals surface area contributed by atoms with Crippen molar-refractivity contribution in [1.29, 1.82) is 0 Å². The number of imide groups is 2. The van der Waals surface area contributed by atoms with Crippen LogP contribution in [0.5, 0.6) is 0 Å². The minimum Gasteiger partial charge on any atom is -0.335 e. The lowest BCUT2D eigenvalue weighted by molar-refractivity contribution is -0.134. The number of halogens is 1. The van der Waals surface area contributed by atoms with Crippen LogP contribution in [0.15, 0.2) is 24.3 Å². The molecule has 1 saturated carbocycles. The van der Waals surface area contributed by atoms with Gasteiger partial charge in [-0.25, -0.2) is 9.59 Å². The molecule has 3 rings (SSSR count). The van der Waals surface area contributed by atoms with Crippen LogP contribution in [0, 0.1) is 0 Å². The maximum Gasteiger partial charge on any atom is 0.325 e. The maximum atomic E-state index is 12.8. The number of carbonyl (C=O) groups excluding carboxylic acids is 4. The molecule has 1 heterocycles. The summed E-state index contributed by atoms with van der Waals surface area (Å²) in [5, 5.41) is 7.79. The Bertz CT molecular complexity index is 793. The molecule has 2 aliphatic rings. The van der Waals surface area contributed by atoms with Crippen molar-refractivity contribution in [2.24, 2.45) is 0 Å². The van der Waals surface area contributed by atoms with Crippen LogP contribution in [0.2, 0.25) is 5.02 Å². The number of benzene rings is 1. The summed E-state index contributed by atoms with van der Waals surface area (Å²) in [6.07, 6.45) is 3.85. The number of carbonyl (C=O) groups is 4. The van der Waals surface area contributed by atoms with E-state index in [4.69, 9.17) is 11.6 Å². The lowest BCUT2D eigenvalue weighted by atomic mass is 9.92. The third kappa shape index (κ3) is 3.90. The third-order valence-corrected chi connectivity index (χ3v) is 5.26. The van der Waals surface area contributed by atoms with E-state index in [0.717, 1.165) is 30.6 Å². The van der Waals surface area contributed by atoms with Gasteiger partial charge in [0.05, 0.1) is 0 Å². The summed E-state index contributed by atoms with van der Waals surface area (Å²) in [6, 6.07) is 5.39. The van der Waals surface area contributed by atoms with Gasteiger partial charge >= 0.3 is 12.1 Å². The third-order valence-electron chi connectivity index (χ3n) is 4.93. The summed E-state index contributed by atoms with van der Waals surface area (Å²) in [7, 11) is 0. The minimum atomic E-state index is -1.37. The molecule has 9 heteroatoms. The number of urea groups is 2. The summed E-state index contributed by atoms with van der Waals surface area (Å²) < 4.78 is 0. The molecular formula is C18H21ClN4O4. The second-order valence-electron chi connectivity index (χ2n) is 6.93. The fraction of sp³-hybridized carbons (Fsp3) is 0.444. The molecule has 1 atom stereocenters. The van der Waals surface area contributed by atoms with Crippen molar-refractivity contribution in [3.63, 3.8) is 0 Å². The Morgan fingerprint density at radius 1 is 1.26 bits per heavy atom. The highest BCUT2D eigenvalue weighted by atomic mass is 35.5. The second-order valence-corrected chi connectivity index (χ2v) is 7.34. The number of hydrogen-bond donors (Lipinski definition) is 3. The topological polar surface area (TPSA) is 108 Å². The fourth-order valence-corrected chi connectivity index (χ4v) is 3.82. The summed E-state index contributed by atoms with van der Waals surface area (Å²) in [6.45, 7) is 0.974. The van der Waals surface area contributed by atoms with Gasteiger partial charge in [-0.15, -0.1) is 0 Å². The summed E-state index contributed by atoms with van der Waals surface area (Å²) in [5.74, 6) is -1.34. The Kier molecular flexibility index (Phi) is 5.36. The largest absolute Gasteiger partial charge is 0.335 e. The molecule has 27 heavy (non-hydrogen) atoms. The highest BCUT2D eigenvalue weighted by Gasteiger charge is 2.50. The van der Waals surface area contributed by atoms with E-state index in [-0.39, 0.29) is 6.04 Å². The zero-order valence-electron chi connectivity index (χ0n) is 14.9. The van der Waals surface area contributed by atoms with Gasteiger partial charge in [0.2, 0.25) is 5.91 Å². The van der Waals surface area contributed by atoms with Gasteiger partial charge in [0.25, 0.3) is 5.91 Å². The molecule has 1 unspecified atom stereocenters. The SMILES string of the molecule is CC1(c2ccccc2Cl)NC(=O)N(CC(=O)NC(=O)NC2CCCC2)C1=O. The van der Waals surface area contributed by atoms with Gasteiger partial charge in [0, 0.05) is 16.6 Å². The molecule has 3 N–H and O–H groups in total. The Morgan fingerprint density at radius 3 is 2.59 bits per heavy atom. The minimum absolute atomic E-state index is 0.0537. The van der Waals surface area contributed by atoms with Crippen molar-refractivity contribution >= 4 is 35.5 Å². The smallest absolute Gasteiger partial charge is 0.325 e. The van der Waals surface area contributed by atoms with E-state index in [9.17, 15) is 19.2 Å². The Hall–Kier alpha value is -2.61. The van der Waals surface area contributed by atoms with E-state index in [1.807, 2.05) is 0 Å². The maximum absolute atomic E-state index is 12.8. The highest BCUT2D eigenvalue weighted by Crippen LogP contribution is 2.33. The van der Waals surface area contributed by atoms with Crippen molar-refractivity contribution < 1.29 is 19.2 Å². The fourth-order valence-electron chi connectivity index (χ4n) is 3.49. The molecule has 0 aromatic heterocycles. The first-order valence-electron chi connectivity index (χ1n) is 8.80. The molecule has 1 aromatic carbocycles. The van der Waals surface area contributed by atoms with E-state index < -0.39 is 36.0 Å². The van der Waals surface area contributed by atoms with Crippen LogP contribution >= 0.6 is 11.6 Å². The van der Waals surface area contributed by atoms with Gasteiger partial charge in [0.15, 0.2) is 0 Å². The molecule has 0 bridgehead atoms. The molecule has 144 valence electrons. The Balaban J connectivity index is 1.64. The van der Waals surface area contributed by atoms with Crippen molar-refractivity contribution in [3.8, 4) is 0 Å². The second kappa shape index (κ2) is 7.56. The van der Waals surface area contributed by atoms with E-state index in [0.29, 0.717) is 10.6 Å². The van der Waals surface area contributed by atoms with Crippen LogP contribution in [0.4, 0.5) is 9.59 Å². The molecule has 0 radical (unpaired) electrons. The highest BCUT2D eigenvalue weighted by molar-refractivity contribution is 6.32. The van der Waals surface area contributed by atoms with Gasteiger partial charge in [-0.1, -0.05) is 42.6 Å². The van der Waals surface area contributed by atoms with E-state index in [1.165, 1.54) is 6.92 Å². The number of hydrogen-bond acceptors (Lipinski definition) is 4. The Labute approximate surface area is 161 Å². The average molecular weight is 393 g/mol. The normalized spacial score (nSPS) is 22.7. The van der Waals surface area contributed by atoms with Crippen molar-refractivity contribution in [3.05, 3.63) is 34.9 Å². The molecule has 1 saturated heterocycles. The molecule has 1 aliphatic heterocycles. The zero-order chi connectivity index (χ0) is 19.6. The van der Waals surface area contributed by atoms with Gasteiger partial charge in [0.1, 0.15) is 12.1 Å². The van der Waals surface area contributed by atoms with Crippen LogP contribution in [0.1, 0.15) is 38.2 Å². The summed E-state index contributed by atoms with van der Waals surface area (Å²) in [5.41, 5.74) is -0.936. The molecular weight excluding hydrogens is 372 g/mol. The van der Waals surface area contributed by atoms with Gasteiger partial charge in [-0.05, 0) is 25.8 Å². The lowest BCUT2D eigenvalue weighted by Crippen LogP contribution is -2.48. The first-order valence-corrected chi connectivity index (χ1v) is 9.18. The number of nitrogens with zero attached hydrogens (tertiary/aromatic N) is 1. The molecule has 0 spiro atoms. The molecule has 8 nitrogen and oxygen atoms in total. The lowest BCUT2D eigenvalue weighted by Gasteiger charge is -2.23. The van der Waals surface area contributed by atoms with Crippen LogP contribution in [-0.2, 0) is 15.1 Å². The summed E-state index contributed by atoms with van der Waals surface area (Å²) >= 11 is 6.16. The molecule has 1 aliphatic carbocycles. The van der Waals surface area contributed by atoms with Crippen LogP contribution < -0.4 is 16.0 Å². The zero-order valence-corrected chi connectivity index (χ0v) is 15.6. The van der Waals surface area contributed by atoms with Gasteiger partial charge in [-0.2, -0.15) is 0 Å². The Morgan fingerprint density at radius 2 is 1.93 bits per heavy atom. The van der Waals surface area contributed by atoms with E-state index >= 15 is 0 Å². The molecule has 2 fully saturated rings. The molecule has 6 amide bonds. The summed E-state index contributed by atoms with van der Waals surface area (Å²) in [4.78, 5) is 49.8. The number of amides is 6. The monoisotopic (exact) mass is 392 g/mol. The standard InChI is InChI=1S/C18H21ClN4O4/c1-18(12-8-4-5-9-13(12)19)15(25)23(17(27)22-18)10-14(24)21-16(26)20-11-6-2-3-7-11/h4-5,8-9,11H,2-3,6-7,10H2,1H3,(H,22,27)(H2,20,21,24,26). The average Bonchev–Trinajstić information content (AvgIpc) is 3.18. The van der Waals surface area contributed by atoms with Crippen LogP contribution in [0.25, 0.3) is 0 Å². The van der Waals surface area contributed by atoms with Gasteiger partial charge < -0.3 is 10.6 Å². The predicted octanol–water partition coefficient (Wildman–Crippen LogP) is 1.88. The van der Waals surface area contributed by atoms with Crippen molar-refractivity contribution in [2.45, 2.75) is 44.2 Å². The van der Waals surface area contributed by atoms with E-state index in [2.05, 4.69) is 16.0 Å². The quantitative estimate of drug-likeness (QED) is 0.680. The van der Waals surface area contributed by atoms with E-state index in [1.54, 1.807) is 24.3 Å².